The van der Waals surface area contributed by atoms with Crippen LogP contribution in [0, 0.1) is 11.7 Å². The van der Waals surface area contributed by atoms with Crippen molar-refractivity contribution in [1.29, 1.82) is 0 Å². The van der Waals surface area contributed by atoms with Crippen LogP contribution in [0.4, 0.5) is 4.39 Å². The van der Waals surface area contributed by atoms with Crippen molar-refractivity contribution in [3.05, 3.63) is 34.6 Å². The zero-order chi connectivity index (χ0) is 12.4. The predicted octanol–water partition coefficient (Wildman–Crippen LogP) is 2.65. The van der Waals surface area contributed by atoms with Gasteiger partial charge in [0, 0.05) is 24.2 Å². The first-order valence-corrected chi connectivity index (χ1v) is 6.35. The summed E-state index contributed by atoms with van der Waals surface area (Å²) in [6, 6.07) is 4.94. The van der Waals surface area contributed by atoms with E-state index in [9.17, 15) is 4.39 Å². The molecule has 0 spiro atoms. The molecular weight excluding hydrogens is 239 g/mol. The lowest BCUT2D eigenvalue weighted by atomic mass is 10.0. The van der Waals surface area contributed by atoms with Crippen molar-refractivity contribution in [3.63, 3.8) is 0 Å². The van der Waals surface area contributed by atoms with E-state index in [1.54, 1.807) is 6.07 Å². The van der Waals surface area contributed by atoms with Crippen LogP contribution >= 0.6 is 11.6 Å². The van der Waals surface area contributed by atoms with Crippen molar-refractivity contribution < 1.29 is 4.39 Å². The standard InChI is InChI=1S/C13H18ClFN2/c1-9(16)11-2-3-17(8-11)7-10-4-12(14)6-13(15)5-10/h4-6,9,11H,2-3,7-8,16H2,1H3. The third-order valence-electron chi connectivity index (χ3n) is 3.38. The number of hydrogen-bond donors (Lipinski definition) is 1. The topological polar surface area (TPSA) is 29.3 Å². The Balaban J connectivity index is 1.98. The Morgan fingerprint density at radius 2 is 2.29 bits per heavy atom. The van der Waals surface area contributed by atoms with E-state index >= 15 is 0 Å². The highest BCUT2D eigenvalue weighted by Crippen LogP contribution is 2.22. The summed E-state index contributed by atoms with van der Waals surface area (Å²) in [6.07, 6.45) is 1.13. The summed E-state index contributed by atoms with van der Waals surface area (Å²) in [5.74, 6) is 0.287. The van der Waals surface area contributed by atoms with E-state index in [0.717, 1.165) is 31.6 Å². The van der Waals surface area contributed by atoms with E-state index in [1.807, 2.05) is 13.0 Å². The second-order valence-electron chi connectivity index (χ2n) is 4.92. The lowest BCUT2D eigenvalue weighted by Crippen LogP contribution is -2.29. The summed E-state index contributed by atoms with van der Waals surface area (Å²) in [5.41, 5.74) is 6.82. The number of benzene rings is 1. The number of rotatable bonds is 3. The second-order valence-corrected chi connectivity index (χ2v) is 5.36. The molecule has 2 atom stereocenters. The molecule has 94 valence electrons. The van der Waals surface area contributed by atoms with Crippen LogP contribution in [0.15, 0.2) is 18.2 Å². The van der Waals surface area contributed by atoms with Gasteiger partial charge in [0.2, 0.25) is 0 Å². The molecule has 1 aliphatic heterocycles. The van der Waals surface area contributed by atoms with E-state index in [4.69, 9.17) is 17.3 Å². The molecule has 0 saturated carbocycles. The maximum atomic E-state index is 13.2. The first kappa shape index (κ1) is 12.8. The van der Waals surface area contributed by atoms with Crippen LogP contribution < -0.4 is 5.73 Å². The minimum absolute atomic E-state index is 0.232. The highest BCUT2D eigenvalue weighted by molar-refractivity contribution is 6.30. The van der Waals surface area contributed by atoms with Crippen LogP contribution in [0.5, 0.6) is 0 Å². The van der Waals surface area contributed by atoms with Gasteiger partial charge in [0.05, 0.1) is 0 Å². The molecule has 0 radical (unpaired) electrons. The monoisotopic (exact) mass is 256 g/mol. The third-order valence-corrected chi connectivity index (χ3v) is 3.60. The lowest BCUT2D eigenvalue weighted by Gasteiger charge is -2.18. The maximum absolute atomic E-state index is 13.2. The van der Waals surface area contributed by atoms with Crippen molar-refractivity contribution in [1.82, 2.24) is 4.90 Å². The minimum Gasteiger partial charge on any atom is -0.328 e. The Bertz CT molecular complexity index is 375. The Labute approximate surface area is 107 Å². The molecule has 1 aromatic carbocycles. The first-order chi connectivity index (χ1) is 8.04. The van der Waals surface area contributed by atoms with Crippen LogP contribution in [0.3, 0.4) is 0 Å². The fourth-order valence-corrected chi connectivity index (χ4v) is 2.64. The predicted molar refractivity (Wildman–Crippen MR) is 68.4 cm³/mol. The molecule has 0 aliphatic carbocycles. The van der Waals surface area contributed by atoms with Crippen molar-refractivity contribution in [2.24, 2.45) is 11.7 Å². The molecule has 1 fully saturated rings. The Kier molecular flexibility index (Phi) is 4.02. The first-order valence-electron chi connectivity index (χ1n) is 5.97. The normalized spacial score (nSPS) is 22.9. The van der Waals surface area contributed by atoms with Crippen molar-refractivity contribution in [3.8, 4) is 0 Å². The highest BCUT2D eigenvalue weighted by atomic mass is 35.5. The summed E-state index contributed by atoms with van der Waals surface area (Å²) >= 11 is 5.84. The molecule has 2 N–H and O–H groups in total. The summed E-state index contributed by atoms with van der Waals surface area (Å²) < 4.78 is 13.2. The molecule has 2 unspecified atom stereocenters. The van der Waals surface area contributed by atoms with Gasteiger partial charge in [0.25, 0.3) is 0 Å². The summed E-state index contributed by atoms with van der Waals surface area (Å²) in [4.78, 5) is 2.30. The van der Waals surface area contributed by atoms with Gasteiger partial charge in [-0.05, 0) is 49.6 Å². The van der Waals surface area contributed by atoms with Gasteiger partial charge in [-0.2, -0.15) is 0 Å². The molecule has 1 saturated heterocycles. The Morgan fingerprint density at radius 1 is 1.53 bits per heavy atom. The molecule has 17 heavy (non-hydrogen) atoms. The van der Waals surface area contributed by atoms with Gasteiger partial charge < -0.3 is 5.73 Å². The molecular formula is C13H18ClFN2. The molecule has 1 aliphatic rings. The molecule has 1 heterocycles. The van der Waals surface area contributed by atoms with Gasteiger partial charge in [0.1, 0.15) is 5.82 Å². The van der Waals surface area contributed by atoms with Crippen molar-refractivity contribution in [2.75, 3.05) is 13.1 Å². The molecule has 0 amide bonds. The smallest absolute Gasteiger partial charge is 0.125 e. The van der Waals surface area contributed by atoms with Gasteiger partial charge in [0.15, 0.2) is 0 Å². The second kappa shape index (κ2) is 5.34. The van der Waals surface area contributed by atoms with Crippen molar-refractivity contribution in [2.45, 2.75) is 25.9 Å². The molecule has 2 rings (SSSR count). The van der Waals surface area contributed by atoms with Crippen molar-refractivity contribution >= 4 is 11.6 Å². The number of hydrogen-bond acceptors (Lipinski definition) is 2. The summed E-state index contributed by atoms with van der Waals surface area (Å²) in [6.45, 7) is 4.82. The zero-order valence-corrected chi connectivity index (χ0v) is 10.8. The van der Waals surface area contributed by atoms with Gasteiger partial charge >= 0.3 is 0 Å². The van der Waals surface area contributed by atoms with Crippen LogP contribution in [0.1, 0.15) is 18.9 Å². The quantitative estimate of drug-likeness (QED) is 0.901. The van der Waals surface area contributed by atoms with Crippen LogP contribution in [-0.2, 0) is 6.54 Å². The molecule has 4 heteroatoms. The number of halogens is 2. The average Bonchev–Trinajstić information content (AvgIpc) is 2.64. The van der Waals surface area contributed by atoms with Gasteiger partial charge in [-0.3, -0.25) is 4.90 Å². The van der Waals surface area contributed by atoms with E-state index < -0.39 is 0 Å². The zero-order valence-electron chi connectivity index (χ0n) is 10.00. The van der Waals surface area contributed by atoms with Gasteiger partial charge in [-0.25, -0.2) is 4.39 Å². The number of nitrogens with two attached hydrogens (primary N) is 1. The van der Waals surface area contributed by atoms with Crippen LogP contribution in [0.25, 0.3) is 0 Å². The van der Waals surface area contributed by atoms with Crippen LogP contribution in [0.2, 0.25) is 5.02 Å². The molecule has 2 nitrogen and oxygen atoms in total. The Hall–Kier alpha value is -0.640. The van der Waals surface area contributed by atoms with E-state index in [2.05, 4.69) is 4.90 Å². The van der Waals surface area contributed by atoms with Gasteiger partial charge in [-0.15, -0.1) is 0 Å². The molecule has 0 bridgehead atoms. The lowest BCUT2D eigenvalue weighted by molar-refractivity contribution is 0.308. The fourth-order valence-electron chi connectivity index (χ4n) is 2.40. The van der Waals surface area contributed by atoms with E-state index in [0.29, 0.717) is 10.9 Å². The maximum Gasteiger partial charge on any atom is 0.125 e. The highest BCUT2D eigenvalue weighted by Gasteiger charge is 2.25. The van der Waals surface area contributed by atoms with Gasteiger partial charge in [-0.1, -0.05) is 11.6 Å². The number of likely N-dealkylation sites (tertiary alicyclic amines) is 1. The van der Waals surface area contributed by atoms with Crippen LogP contribution in [-0.4, -0.2) is 24.0 Å². The van der Waals surface area contributed by atoms with E-state index in [1.165, 1.54) is 6.07 Å². The summed E-state index contributed by atoms with van der Waals surface area (Å²) in [5, 5.41) is 0.461. The molecule has 0 aromatic heterocycles. The fraction of sp³-hybridized carbons (Fsp3) is 0.538. The largest absolute Gasteiger partial charge is 0.328 e. The molecule has 1 aromatic rings. The minimum atomic E-state index is -0.268. The Morgan fingerprint density at radius 3 is 2.88 bits per heavy atom. The van der Waals surface area contributed by atoms with E-state index in [-0.39, 0.29) is 11.9 Å². The third kappa shape index (κ3) is 3.41. The summed E-state index contributed by atoms with van der Waals surface area (Å²) in [7, 11) is 0. The SMILES string of the molecule is CC(N)C1CCN(Cc2cc(F)cc(Cl)c2)C1. The number of nitrogens with zero attached hydrogens (tertiary/aromatic N) is 1. The average molecular weight is 257 g/mol.